The van der Waals surface area contributed by atoms with Crippen LogP contribution in [0.25, 0.3) is 66.8 Å². The van der Waals surface area contributed by atoms with Crippen LogP contribution in [0.4, 0.5) is 11.4 Å². The Labute approximate surface area is 632 Å². The summed E-state index contributed by atoms with van der Waals surface area (Å²) in [4.78, 5) is 28.0. The zero-order valence-electron chi connectivity index (χ0n) is 59.2. The largest absolute Gasteiger partial charge is 0.322 e. The molecule has 510 valence electrons. The van der Waals surface area contributed by atoms with Crippen LogP contribution >= 0.6 is 0 Å². The molecule has 0 aliphatic rings. The van der Waals surface area contributed by atoms with Crippen molar-refractivity contribution >= 4 is 23.2 Å². The summed E-state index contributed by atoms with van der Waals surface area (Å²) in [6.45, 7) is 0. The molecule has 16 aromatic carbocycles. The molecular formula is C104H72N2O2. The minimum Gasteiger partial charge on any atom is -0.322 e. The maximum absolute atomic E-state index is 14.0. The summed E-state index contributed by atoms with van der Waals surface area (Å²) in [7, 11) is 0. The van der Waals surface area contributed by atoms with Gasteiger partial charge in [-0.15, -0.1) is 0 Å². The van der Waals surface area contributed by atoms with Crippen LogP contribution in [0.1, 0.15) is 76.4 Å². The van der Waals surface area contributed by atoms with E-state index >= 15 is 0 Å². The van der Waals surface area contributed by atoms with Crippen LogP contribution in [-0.2, 0) is 10.8 Å². The molecular weight excluding hydrogens is 1310 g/mol. The highest BCUT2D eigenvalue weighted by molar-refractivity contribution is 6.05. The van der Waals surface area contributed by atoms with Crippen LogP contribution in [-0.4, -0.2) is 11.8 Å². The second-order valence-electron chi connectivity index (χ2n) is 26.9. The van der Waals surface area contributed by atoms with E-state index < -0.39 is 10.8 Å². The fraction of sp³-hybridized carbons (Fsp3) is 0.0192. The van der Waals surface area contributed by atoms with Crippen molar-refractivity contribution in [2.75, 3.05) is 10.6 Å². The quantitative estimate of drug-likeness (QED) is 0.0664. The van der Waals surface area contributed by atoms with Gasteiger partial charge in [0, 0.05) is 33.6 Å². The maximum atomic E-state index is 14.0. The standard InChI is InChI=1S/C104H72N2O2/c107-101(105-99-71-67-97(68-72-99)103(91-55-43-83(44-56-91)77-23-7-1-8-24-77,92-57-45-84(46-58-92)78-25-9-2-10-26-78)93-59-47-85(48-60-93)79-27-11-3-12-28-79)89-39-35-75(36-40-89)21-19-20-22-76-37-41-90(42-38-76)102(108)106-100-73-69-98(70-74-100)104(94-61-49-86(50-62-94)80-29-13-4-14-30-80,95-63-51-87(52-64-95)81-31-15-5-16-32-81)96-65-53-88(54-66-96)82-33-17-6-18-34-82/h1-18,23-74H,(H,105,107)(H,106,108). The van der Waals surface area contributed by atoms with E-state index in [1.807, 2.05) is 84.9 Å². The van der Waals surface area contributed by atoms with E-state index in [9.17, 15) is 9.59 Å². The van der Waals surface area contributed by atoms with Crippen LogP contribution in [0, 0.1) is 23.7 Å². The second kappa shape index (κ2) is 31.3. The number of amides is 2. The molecule has 0 aliphatic carbocycles. The molecule has 4 nitrogen and oxygen atoms in total. The van der Waals surface area contributed by atoms with E-state index in [2.05, 4.69) is 350 Å². The summed E-state index contributed by atoms with van der Waals surface area (Å²) in [6, 6.07) is 148. The lowest BCUT2D eigenvalue weighted by atomic mass is 9.64. The van der Waals surface area contributed by atoms with Gasteiger partial charge in [-0.25, -0.2) is 0 Å². The molecule has 0 atom stereocenters. The summed E-state index contributed by atoms with van der Waals surface area (Å²) >= 11 is 0. The van der Waals surface area contributed by atoms with Gasteiger partial charge in [0.1, 0.15) is 0 Å². The number of rotatable bonds is 18. The summed E-state index contributed by atoms with van der Waals surface area (Å²) in [5, 5.41) is 6.32. The summed E-state index contributed by atoms with van der Waals surface area (Å²) in [6.07, 6.45) is 0. The van der Waals surface area contributed by atoms with Crippen LogP contribution in [0.15, 0.2) is 425 Å². The molecule has 2 N–H and O–H groups in total. The van der Waals surface area contributed by atoms with E-state index in [0.29, 0.717) is 33.6 Å². The van der Waals surface area contributed by atoms with E-state index in [4.69, 9.17) is 0 Å². The molecule has 0 radical (unpaired) electrons. The molecule has 0 aromatic heterocycles. The molecule has 4 heteroatoms. The number of anilines is 2. The lowest BCUT2D eigenvalue weighted by Gasteiger charge is -2.37. The van der Waals surface area contributed by atoms with Gasteiger partial charge in [0.2, 0.25) is 0 Å². The summed E-state index contributed by atoms with van der Waals surface area (Å²) in [5.74, 6) is 11.7. The van der Waals surface area contributed by atoms with Crippen molar-refractivity contribution in [1.82, 2.24) is 0 Å². The highest BCUT2D eigenvalue weighted by Crippen LogP contribution is 2.49. The molecule has 108 heavy (non-hydrogen) atoms. The molecule has 16 rings (SSSR count). The SMILES string of the molecule is O=C(Nc1ccc(C(c2ccc(-c3ccccc3)cc2)(c2ccc(-c3ccccc3)cc2)c2ccc(-c3ccccc3)cc2)cc1)c1ccc(C#CC#Cc2ccc(C(=O)Nc3ccc(C(c4ccc(-c5ccccc5)cc4)(c4ccc(-c5ccccc5)cc4)c4ccc(-c5ccccc5)cc4)cc3)cc2)cc1. The Morgan fingerprint density at radius 1 is 0.185 bits per heavy atom. The zero-order chi connectivity index (χ0) is 72.9. The predicted octanol–water partition coefficient (Wildman–Crippen LogP) is 24.4. The average Bonchev–Trinajstić information content (AvgIpc) is 0.735. The summed E-state index contributed by atoms with van der Waals surface area (Å²) < 4.78 is 0. The Balaban J connectivity index is 0.616. The molecule has 16 aromatic rings. The number of hydrogen-bond donors (Lipinski definition) is 2. The van der Waals surface area contributed by atoms with Crippen molar-refractivity contribution in [3.05, 3.63) is 491 Å². The number of carbonyl (C=O) groups excluding carboxylic acids is 2. The van der Waals surface area contributed by atoms with Crippen molar-refractivity contribution in [2.24, 2.45) is 0 Å². The van der Waals surface area contributed by atoms with Gasteiger partial charge < -0.3 is 10.6 Å². The molecule has 0 aliphatic heterocycles. The van der Waals surface area contributed by atoms with Gasteiger partial charge in [-0.2, -0.15) is 0 Å². The molecule has 0 saturated heterocycles. The Kier molecular flexibility index (Phi) is 19.7. The normalized spacial score (nSPS) is 11.1. The van der Waals surface area contributed by atoms with Crippen LogP contribution in [0.2, 0.25) is 0 Å². The number of nitrogens with one attached hydrogen (secondary N) is 2. The minimum atomic E-state index is -0.767. The van der Waals surface area contributed by atoms with E-state index in [1.165, 1.54) is 0 Å². The Hall–Kier alpha value is -14.4. The topological polar surface area (TPSA) is 58.2 Å². The van der Waals surface area contributed by atoms with Crippen molar-refractivity contribution in [1.29, 1.82) is 0 Å². The first kappa shape index (κ1) is 68.0. The van der Waals surface area contributed by atoms with Gasteiger partial charge in [-0.3, -0.25) is 9.59 Å². The molecule has 0 unspecified atom stereocenters. The third-order valence-corrected chi connectivity index (χ3v) is 20.5. The summed E-state index contributed by atoms with van der Waals surface area (Å²) in [5.41, 5.74) is 24.6. The average molecular weight is 1380 g/mol. The smallest absolute Gasteiger partial charge is 0.255 e. The maximum Gasteiger partial charge on any atom is 0.255 e. The van der Waals surface area contributed by atoms with E-state index in [1.54, 1.807) is 24.3 Å². The first-order valence-corrected chi connectivity index (χ1v) is 36.3. The predicted molar refractivity (Wildman–Crippen MR) is 445 cm³/mol. The monoisotopic (exact) mass is 1380 g/mol. The fourth-order valence-electron chi connectivity index (χ4n) is 14.9. The van der Waals surface area contributed by atoms with Crippen LogP contribution < -0.4 is 10.6 Å². The molecule has 0 bridgehead atoms. The molecule has 0 saturated carbocycles. The second-order valence-corrected chi connectivity index (χ2v) is 26.9. The van der Waals surface area contributed by atoms with Gasteiger partial charge in [0.15, 0.2) is 0 Å². The van der Waals surface area contributed by atoms with Gasteiger partial charge >= 0.3 is 0 Å². The molecule has 0 spiro atoms. The zero-order valence-corrected chi connectivity index (χ0v) is 59.2. The highest BCUT2D eigenvalue weighted by Gasteiger charge is 2.40. The third-order valence-electron chi connectivity index (χ3n) is 20.5. The molecule has 2 amide bonds. The highest BCUT2D eigenvalue weighted by atomic mass is 16.2. The Morgan fingerprint density at radius 2 is 0.352 bits per heavy atom. The van der Waals surface area contributed by atoms with Crippen molar-refractivity contribution < 1.29 is 9.59 Å². The first-order chi connectivity index (χ1) is 53.3. The van der Waals surface area contributed by atoms with Crippen LogP contribution in [0.3, 0.4) is 0 Å². The molecule has 0 fully saturated rings. The van der Waals surface area contributed by atoms with Gasteiger partial charge in [-0.1, -0.05) is 364 Å². The molecule has 0 heterocycles. The van der Waals surface area contributed by atoms with Gasteiger partial charge in [-0.05, 0) is 196 Å². The van der Waals surface area contributed by atoms with Crippen LogP contribution in [0.5, 0.6) is 0 Å². The van der Waals surface area contributed by atoms with E-state index in [-0.39, 0.29) is 11.8 Å². The third kappa shape index (κ3) is 14.4. The van der Waals surface area contributed by atoms with Crippen molar-refractivity contribution in [3.63, 3.8) is 0 Å². The van der Waals surface area contributed by atoms with Gasteiger partial charge in [0.25, 0.3) is 11.8 Å². The fourth-order valence-corrected chi connectivity index (χ4v) is 14.9. The Morgan fingerprint density at radius 3 is 0.537 bits per heavy atom. The first-order valence-electron chi connectivity index (χ1n) is 36.3. The van der Waals surface area contributed by atoms with Crippen molar-refractivity contribution in [2.45, 2.75) is 10.8 Å². The van der Waals surface area contributed by atoms with Crippen molar-refractivity contribution in [3.8, 4) is 90.4 Å². The van der Waals surface area contributed by atoms with Gasteiger partial charge in [0.05, 0.1) is 10.8 Å². The van der Waals surface area contributed by atoms with E-state index in [0.717, 1.165) is 111 Å². The number of hydrogen-bond acceptors (Lipinski definition) is 2. The number of carbonyl (C=O) groups is 2. The lowest BCUT2D eigenvalue weighted by molar-refractivity contribution is 0.101. The minimum absolute atomic E-state index is 0.241. The lowest BCUT2D eigenvalue weighted by Crippen LogP contribution is -2.31. The Bertz CT molecular complexity index is 5100. The number of benzene rings is 16.